The number of hydrogen-bond donors (Lipinski definition) is 1. The molecule has 1 amide bonds. The van der Waals surface area contributed by atoms with Gasteiger partial charge < -0.3 is 5.32 Å². The Morgan fingerprint density at radius 3 is 2.60 bits per heavy atom. The highest BCUT2D eigenvalue weighted by molar-refractivity contribution is 7.99. The van der Waals surface area contributed by atoms with Crippen molar-refractivity contribution in [1.29, 1.82) is 0 Å². The van der Waals surface area contributed by atoms with E-state index >= 15 is 0 Å². The summed E-state index contributed by atoms with van der Waals surface area (Å²) in [4.78, 5) is 14.9. The molecule has 0 atom stereocenters. The van der Waals surface area contributed by atoms with Crippen molar-refractivity contribution in [3.05, 3.63) is 64.5 Å². The van der Waals surface area contributed by atoms with Crippen LogP contribution in [0.5, 0.6) is 0 Å². The number of halogens is 1. The van der Waals surface area contributed by atoms with Crippen molar-refractivity contribution < 1.29 is 9.18 Å². The number of carbonyl (C=O) groups is 1. The lowest BCUT2D eigenvalue weighted by Gasteiger charge is -2.26. The van der Waals surface area contributed by atoms with E-state index in [2.05, 4.69) is 16.3 Å². The second-order valence-corrected chi connectivity index (χ2v) is 7.68. The van der Waals surface area contributed by atoms with Gasteiger partial charge in [0, 0.05) is 42.4 Å². The van der Waals surface area contributed by atoms with Crippen molar-refractivity contribution in [1.82, 2.24) is 4.90 Å². The molecule has 0 saturated carbocycles. The van der Waals surface area contributed by atoms with Crippen LogP contribution in [0.3, 0.4) is 0 Å². The maximum Gasteiger partial charge on any atom is 0.255 e. The number of thioether (sulfide) groups is 1. The van der Waals surface area contributed by atoms with Gasteiger partial charge in [-0.3, -0.25) is 9.69 Å². The van der Waals surface area contributed by atoms with Crippen LogP contribution in [0.4, 0.5) is 10.1 Å². The first-order chi connectivity index (χ1) is 12.0. The molecule has 1 aliphatic heterocycles. The third kappa shape index (κ3) is 4.61. The third-order valence-electron chi connectivity index (χ3n) is 4.48. The lowest BCUT2D eigenvalue weighted by Crippen LogP contribution is -2.32. The van der Waals surface area contributed by atoms with Crippen molar-refractivity contribution >= 4 is 23.4 Å². The van der Waals surface area contributed by atoms with Crippen LogP contribution in [0.25, 0.3) is 0 Å². The quantitative estimate of drug-likeness (QED) is 0.887. The Labute approximate surface area is 152 Å². The zero-order valence-electron chi connectivity index (χ0n) is 14.6. The Kier molecular flexibility index (Phi) is 5.76. The molecule has 0 spiro atoms. The molecular formula is C20H23FN2OS. The average Bonchev–Trinajstić information content (AvgIpc) is 2.61. The highest BCUT2D eigenvalue weighted by Crippen LogP contribution is 2.21. The van der Waals surface area contributed by atoms with Crippen molar-refractivity contribution in [2.24, 2.45) is 0 Å². The van der Waals surface area contributed by atoms with Crippen LogP contribution in [-0.2, 0) is 6.54 Å². The molecule has 25 heavy (non-hydrogen) atoms. The molecule has 0 unspecified atom stereocenters. The Morgan fingerprint density at radius 2 is 1.88 bits per heavy atom. The number of rotatable bonds is 4. The molecule has 3 nitrogen and oxygen atoms in total. The Bertz CT molecular complexity index is 772. The lowest BCUT2D eigenvalue weighted by molar-refractivity contribution is 0.102. The van der Waals surface area contributed by atoms with E-state index in [1.807, 2.05) is 30.8 Å². The molecule has 0 aliphatic carbocycles. The molecule has 1 saturated heterocycles. The van der Waals surface area contributed by atoms with E-state index in [0.717, 1.165) is 30.9 Å². The molecule has 2 aromatic carbocycles. The fraction of sp³-hybridized carbons (Fsp3) is 0.350. The zero-order chi connectivity index (χ0) is 17.8. The second kappa shape index (κ2) is 8.02. The molecule has 5 heteroatoms. The topological polar surface area (TPSA) is 32.3 Å². The van der Waals surface area contributed by atoms with Crippen molar-refractivity contribution in [3.63, 3.8) is 0 Å². The molecule has 2 aromatic rings. The minimum absolute atomic E-state index is 0.210. The molecule has 3 rings (SSSR count). The maximum absolute atomic E-state index is 13.4. The van der Waals surface area contributed by atoms with Gasteiger partial charge in [-0.05, 0) is 54.8 Å². The Morgan fingerprint density at radius 1 is 1.12 bits per heavy atom. The third-order valence-corrected chi connectivity index (χ3v) is 5.42. The summed E-state index contributed by atoms with van der Waals surface area (Å²) in [6.07, 6.45) is 0. The van der Waals surface area contributed by atoms with Crippen LogP contribution < -0.4 is 5.32 Å². The van der Waals surface area contributed by atoms with Crippen LogP contribution in [0.2, 0.25) is 0 Å². The van der Waals surface area contributed by atoms with Crippen molar-refractivity contribution in [2.45, 2.75) is 20.4 Å². The summed E-state index contributed by atoms with van der Waals surface area (Å²) in [5.41, 5.74) is 3.97. The molecule has 132 valence electrons. The number of anilines is 1. The molecule has 0 bridgehead atoms. The number of hydrogen-bond acceptors (Lipinski definition) is 3. The molecule has 1 N–H and O–H groups in total. The summed E-state index contributed by atoms with van der Waals surface area (Å²) in [5, 5.41) is 2.97. The van der Waals surface area contributed by atoms with Crippen molar-refractivity contribution in [3.8, 4) is 0 Å². The molecule has 0 radical (unpaired) electrons. The minimum atomic E-state index is -0.297. The summed E-state index contributed by atoms with van der Waals surface area (Å²) in [6.45, 7) is 6.76. The number of amides is 1. The minimum Gasteiger partial charge on any atom is -0.322 e. The van der Waals surface area contributed by atoms with E-state index in [4.69, 9.17) is 0 Å². The zero-order valence-corrected chi connectivity index (χ0v) is 15.5. The number of nitrogens with zero attached hydrogens (tertiary/aromatic N) is 1. The molecular weight excluding hydrogens is 335 g/mol. The van der Waals surface area contributed by atoms with E-state index in [9.17, 15) is 9.18 Å². The highest BCUT2D eigenvalue weighted by atomic mass is 32.2. The van der Waals surface area contributed by atoms with Crippen LogP contribution in [-0.4, -0.2) is 35.4 Å². The smallest absolute Gasteiger partial charge is 0.255 e. The van der Waals surface area contributed by atoms with Gasteiger partial charge in [-0.2, -0.15) is 11.8 Å². The summed E-state index contributed by atoms with van der Waals surface area (Å²) in [7, 11) is 0. The standard InChI is InChI=1S/C20H23FN2OS/c1-14-3-4-16(13-23-7-9-25-10-8-23)12-19(14)22-20(24)17-5-6-18(21)15(2)11-17/h3-6,11-12H,7-10,13H2,1-2H3,(H,22,24). The molecule has 1 heterocycles. The summed E-state index contributed by atoms with van der Waals surface area (Å²) in [5.74, 6) is 1.85. The van der Waals surface area contributed by atoms with E-state index in [0.29, 0.717) is 11.1 Å². The van der Waals surface area contributed by atoms with E-state index in [1.54, 1.807) is 13.0 Å². The van der Waals surface area contributed by atoms with Crippen LogP contribution in [0.15, 0.2) is 36.4 Å². The fourth-order valence-electron chi connectivity index (χ4n) is 2.90. The first kappa shape index (κ1) is 18.0. The van der Waals surface area contributed by atoms with E-state index < -0.39 is 0 Å². The fourth-order valence-corrected chi connectivity index (χ4v) is 3.88. The molecule has 1 aliphatic rings. The van der Waals surface area contributed by atoms with Gasteiger partial charge in [-0.15, -0.1) is 0 Å². The monoisotopic (exact) mass is 358 g/mol. The van der Waals surface area contributed by atoms with Gasteiger partial charge >= 0.3 is 0 Å². The van der Waals surface area contributed by atoms with Crippen LogP contribution >= 0.6 is 11.8 Å². The number of carbonyl (C=O) groups excluding carboxylic acids is 1. The summed E-state index contributed by atoms with van der Waals surface area (Å²) < 4.78 is 13.4. The SMILES string of the molecule is Cc1cc(C(=O)Nc2cc(CN3CCSCC3)ccc2C)ccc1F. The van der Waals surface area contributed by atoms with Gasteiger partial charge in [0.15, 0.2) is 0 Å². The lowest BCUT2D eigenvalue weighted by atomic mass is 10.1. The molecule has 1 fully saturated rings. The summed E-state index contributed by atoms with van der Waals surface area (Å²) >= 11 is 2.00. The number of aryl methyl sites for hydroxylation is 2. The predicted molar refractivity (Wildman–Crippen MR) is 103 cm³/mol. The van der Waals surface area contributed by atoms with Gasteiger partial charge in [0.1, 0.15) is 5.82 Å². The average molecular weight is 358 g/mol. The first-order valence-corrected chi connectivity index (χ1v) is 9.65. The summed E-state index contributed by atoms with van der Waals surface area (Å²) in [6, 6.07) is 10.6. The normalized spacial score (nSPS) is 15.2. The first-order valence-electron chi connectivity index (χ1n) is 8.50. The van der Waals surface area contributed by atoms with Gasteiger partial charge in [0.05, 0.1) is 0 Å². The largest absolute Gasteiger partial charge is 0.322 e. The van der Waals surface area contributed by atoms with Gasteiger partial charge in [0.2, 0.25) is 0 Å². The second-order valence-electron chi connectivity index (χ2n) is 6.46. The van der Waals surface area contributed by atoms with Gasteiger partial charge in [-0.25, -0.2) is 4.39 Å². The Hall–Kier alpha value is -1.85. The number of benzene rings is 2. The molecule has 0 aromatic heterocycles. The van der Waals surface area contributed by atoms with Crippen molar-refractivity contribution in [2.75, 3.05) is 29.9 Å². The Balaban J connectivity index is 1.73. The maximum atomic E-state index is 13.4. The van der Waals surface area contributed by atoms with E-state index in [1.165, 1.54) is 29.2 Å². The van der Waals surface area contributed by atoms with E-state index in [-0.39, 0.29) is 11.7 Å². The van der Waals surface area contributed by atoms with Gasteiger partial charge in [-0.1, -0.05) is 12.1 Å². The predicted octanol–water partition coefficient (Wildman–Crippen LogP) is 4.24. The van der Waals surface area contributed by atoms with Gasteiger partial charge in [0.25, 0.3) is 5.91 Å². The highest BCUT2D eigenvalue weighted by Gasteiger charge is 2.13. The van der Waals surface area contributed by atoms with Crippen LogP contribution in [0, 0.1) is 19.7 Å². The van der Waals surface area contributed by atoms with Crippen LogP contribution in [0.1, 0.15) is 27.0 Å². The number of nitrogens with one attached hydrogen (secondary N) is 1.